The normalized spacial score (nSPS) is 19.7. The number of hydrogen-bond donors (Lipinski definition) is 3. The van der Waals surface area contributed by atoms with Gasteiger partial charge in [-0.05, 0) is 31.6 Å². The van der Waals surface area contributed by atoms with Crippen LogP contribution in [0.25, 0.3) is 0 Å². The van der Waals surface area contributed by atoms with Crippen LogP contribution in [-0.2, 0) is 9.59 Å². The summed E-state index contributed by atoms with van der Waals surface area (Å²) in [7, 11) is 0. The number of carbonyl (C=O) groups excluding carboxylic acids is 1. The summed E-state index contributed by atoms with van der Waals surface area (Å²) in [4.78, 5) is 22.5. The summed E-state index contributed by atoms with van der Waals surface area (Å²) in [5.41, 5.74) is 5.45. The second-order valence-corrected chi connectivity index (χ2v) is 5.80. The minimum Gasteiger partial charge on any atom is -0.481 e. The number of carboxylic acid groups (broad SMARTS) is 1. The van der Waals surface area contributed by atoms with Gasteiger partial charge in [-0.3, -0.25) is 9.59 Å². The summed E-state index contributed by atoms with van der Waals surface area (Å²) in [5.74, 6) is -0.506. The van der Waals surface area contributed by atoms with Crippen molar-refractivity contribution < 1.29 is 14.7 Å². The molecule has 0 aromatic heterocycles. The molecule has 1 aliphatic rings. The van der Waals surface area contributed by atoms with Gasteiger partial charge in [0.1, 0.15) is 0 Å². The van der Waals surface area contributed by atoms with Gasteiger partial charge in [0.25, 0.3) is 0 Å². The first-order valence-electron chi connectivity index (χ1n) is 7.23. The molecule has 0 aliphatic heterocycles. The van der Waals surface area contributed by atoms with Crippen molar-refractivity contribution in [2.75, 3.05) is 6.54 Å². The lowest BCUT2D eigenvalue weighted by Gasteiger charge is -2.31. The SMILES string of the molecule is CC(CCNC(=O)C1(N)CCCCC1)CCC(=O)O. The van der Waals surface area contributed by atoms with Gasteiger partial charge < -0.3 is 16.2 Å². The van der Waals surface area contributed by atoms with Crippen molar-refractivity contribution >= 4 is 11.9 Å². The summed E-state index contributed by atoms with van der Waals surface area (Å²) in [6.45, 7) is 2.59. The molecule has 0 heterocycles. The lowest BCUT2D eigenvalue weighted by atomic mass is 9.82. The maximum atomic E-state index is 12.0. The van der Waals surface area contributed by atoms with Crippen LogP contribution in [0.3, 0.4) is 0 Å². The summed E-state index contributed by atoms with van der Waals surface area (Å²) >= 11 is 0. The maximum Gasteiger partial charge on any atom is 0.303 e. The van der Waals surface area contributed by atoms with Gasteiger partial charge in [-0.15, -0.1) is 0 Å². The smallest absolute Gasteiger partial charge is 0.303 e. The van der Waals surface area contributed by atoms with Crippen LogP contribution < -0.4 is 11.1 Å². The number of rotatable bonds is 7. The van der Waals surface area contributed by atoms with E-state index >= 15 is 0 Å². The van der Waals surface area contributed by atoms with Crippen molar-refractivity contribution in [3.63, 3.8) is 0 Å². The minimum absolute atomic E-state index is 0.0439. The standard InChI is InChI=1S/C14H26N2O3/c1-11(5-6-12(17)18)7-10-16-13(19)14(15)8-3-2-4-9-14/h11H,2-10,15H2,1H3,(H,16,19)(H,17,18). The second kappa shape index (κ2) is 7.48. The van der Waals surface area contributed by atoms with Crippen molar-refractivity contribution in [1.82, 2.24) is 5.32 Å². The van der Waals surface area contributed by atoms with E-state index in [2.05, 4.69) is 5.32 Å². The summed E-state index contributed by atoms with van der Waals surface area (Å²) in [5, 5.41) is 11.5. The Labute approximate surface area is 114 Å². The van der Waals surface area contributed by atoms with Gasteiger partial charge in [0.05, 0.1) is 5.54 Å². The first-order valence-corrected chi connectivity index (χ1v) is 7.23. The largest absolute Gasteiger partial charge is 0.481 e. The third-order valence-electron chi connectivity index (χ3n) is 3.97. The maximum absolute atomic E-state index is 12.0. The van der Waals surface area contributed by atoms with E-state index < -0.39 is 11.5 Å². The van der Waals surface area contributed by atoms with Crippen molar-refractivity contribution in [2.24, 2.45) is 11.7 Å². The quantitative estimate of drug-likeness (QED) is 0.656. The molecular weight excluding hydrogens is 244 g/mol. The van der Waals surface area contributed by atoms with Crippen LogP contribution in [0, 0.1) is 5.92 Å². The van der Waals surface area contributed by atoms with Crippen LogP contribution in [-0.4, -0.2) is 29.1 Å². The number of nitrogens with one attached hydrogen (secondary N) is 1. The van der Waals surface area contributed by atoms with E-state index in [9.17, 15) is 9.59 Å². The van der Waals surface area contributed by atoms with E-state index in [-0.39, 0.29) is 12.3 Å². The zero-order chi connectivity index (χ0) is 14.3. The molecule has 0 aromatic carbocycles. The Morgan fingerprint density at radius 1 is 1.26 bits per heavy atom. The molecule has 5 heteroatoms. The first kappa shape index (κ1) is 16.0. The average molecular weight is 270 g/mol. The molecule has 5 nitrogen and oxygen atoms in total. The van der Waals surface area contributed by atoms with Crippen LogP contribution in [0.2, 0.25) is 0 Å². The Bertz CT molecular complexity index is 312. The second-order valence-electron chi connectivity index (χ2n) is 5.80. The van der Waals surface area contributed by atoms with E-state index in [0.717, 1.165) is 32.1 Å². The van der Waals surface area contributed by atoms with Gasteiger partial charge in [0, 0.05) is 13.0 Å². The van der Waals surface area contributed by atoms with Crippen LogP contribution in [0.15, 0.2) is 0 Å². The van der Waals surface area contributed by atoms with Gasteiger partial charge in [-0.25, -0.2) is 0 Å². The molecule has 1 atom stereocenters. The highest BCUT2D eigenvalue weighted by atomic mass is 16.4. The van der Waals surface area contributed by atoms with Gasteiger partial charge >= 0.3 is 5.97 Å². The topological polar surface area (TPSA) is 92.4 Å². The molecule has 0 saturated heterocycles. The molecule has 1 aliphatic carbocycles. The molecule has 1 rings (SSSR count). The monoisotopic (exact) mass is 270 g/mol. The lowest BCUT2D eigenvalue weighted by Crippen LogP contribution is -2.55. The Kier molecular flexibility index (Phi) is 6.28. The molecule has 0 radical (unpaired) electrons. The Morgan fingerprint density at radius 2 is 1.89 bits per heavy atom. The molecule has 1 fully saturated rings. The van der Waals surface area contributed by atoms with Crippen molar-refractivity contribution in [2.45, 2.75) is 63.8 Å². The minimum atomic E-state index is -0.765. The fourth-order valence-electron chi connectivity index (χ4n) is 2.53. The highest BCUT2D eigenvalue weighted by Gasteiger charge is 2.34. The third-order valence-corrected chi connectivity index (χ3v) is 3.97. The van der Waals surface area contributed by atoms with Crippen LogP contribution in [0.4, 0.5) is 0 Å². The molecule has 4 N–H and O–H groups in total. The zero-order valence-corrected chi connectivity index (χ0v) is 11.8. The van der Waals surface area contributed by atoms with Crippen LogP contribution in [0.5, 0.6) is 0 Å². The molecule has 110 valence electrons. The van der Waals surface area contributed by atoms with E-state index in [0.29, 0.717) is 18.9 Å². The lowest BCUT2D eigenvalue weighted by molar-refractivity contribution is -0.137. The highest BCUT2D eigenvalue weighted by molar-refractivity contribution is 5.86. The summed E-state index contributed by atoms with van der Waals surface area (Å²) < 4.78 is 0. The number of carboxylic acids is 1. The summed E-state index contributed by atoms with van der Waals surface area (Å²) in [6, 6.07) is 0. The first-order chi connectivity index (χ1) is 8.94. The van der Waals surface area contributed by atoms with Crippen molar-refractivity contribution in [3.05, 3.63) is 0 Å². The molecular formula is C14H26N2O3. The van der Waals surface area contributed by atoms with Gasteiger partial charge in [-0.2, -0.15) is 0 Å². The summed E-state index contributed by atoms with van der Waals surface area (Å²) in [6.07, 6.45) is 6.40. The molecule has 19 heavy (non-hydrogen) atoms. The number of amides is 1. The number of carbonyl (C=O) groups is 2. The van der Waals surface area contributed by atoms with Gasteiger partial charge in [-0.1, -0.05) is 26.2 Å². The molecule has 1 unspecified atom stereocenters. The van der Waals surface area contributed by atoms with Crippen LogP contribution in [0.1, 0.15) is 58.3 Å². The zero-order valence-electron chi connectivity index (χ0n) is 11.8. The van der Waals surface area contributed by atoms with Gasteiger partial charge in [0.15, 0.2) is 0 Å². The molecule has 0 bridgehead atoms. The fourth-order valence-corrected chi connectivity index (χ4v) is 2.53. The predicted octanol–water partition coefficient (Wildman–Crippen LogP) is 1.66. The average Bonchev–Trinajstić information content (AvgIpc) is 2.37. The molecule has 1 amide bonds. The number of hydrogen-bond acceptors (Lipinski definition) is 3. The molecule has 1 saturated carbocycles. The third kappa shape index (κ3) is 5.59. The van der Waals surface area contributed by atoms with E-state index in [1.54, 1.807) is 0 Å². The van der Waals surface area contributed by atoms with E-state index in [1.807, 2.05) is 6.92 Å². The van der Waals surface area contributed by atoms with Crippen LogP contribution >= 0.6 is 0 Å². The number of aliphatic carboxylic acids is 1. The van der Waals surface area contributed by atoms with E-state index in [4.69, 9.17) is 10.8 Å². The molecule has 0 spiro atoms. The van der Waals surface area contributed by atoms with Gasteiger partial charge in [0.2, 0.25) is 5.91 Å². The highest BCUT2D eigenvalue weighted by Crippen LogP contribution is 2.25. The fraction of sp³-hybridized carbons (Fsp3) is 0.857. The van der Waals surface area contributed by atoms with Crippen molar-refractivity contribution in [1.29, 1.82) is 0 Å². The van der Waals surface area contributed by atoms with Crippen molar-refractivity contribution in [3.8, 4) is 0 Å². The predicted molar refractivity (Wildman–Crippen MR) is 73.7 cm³/mol. The van der Waals surface area contributed by atoms with E-state index in [1.165, 1.54) is 6.42 Å². The Hall–Kier alpha value is -1.10. The number of nitrogens with two attached hydrogens (primary N) is 1. The Balaban J connectivity index is 2.21. The molecule has 0 aromatic rings. The Morgan fingerprint density at radius 3 is 2.47 bits per heavy atom.